The van der Waals surface area contributed by atoms with E-state index in [0.717, 1.165) is 50.0 Å². The molecule has 0 saturated heterocycles. The lowest BCUT2D eigenvalue weighted by atomic mass is 9.88. The smallest absolute Gasteiger partial charge is 0.417 e. The number of rotatable bonds is 20. The van der Waals surface area contributed by atoms with E-state index in [1.54, 1.807) is 0 Å². The van der Waals surface area contributed by atoms with Crippen molar-refractivity contribution in [2.75, 3.05) is 26.4 Å². The predicted octanol–water partition coefficient (Wildman–Crippen LogP) is 10.4. The van der Waals surface area contributed by atoms with Crippen LogP contribution < -0.4 is 9.47 Å². The van der Waals surface area contributed by atoms with E-state index in [0.29, 0.717) is 50.4 Å². The second-order valence-electron chi connectivity index (χ2n) is 11.2. The minimum absolute atomic E-state index is 0.0441. The molecule has 12 heteroatoms. The van der Waals surface area contributed by atoms with Gasteiger partial charge in [0.2, 0.25) is 0 Å². The highest BCUT2D eigenvalue weighted by Gasteiger charge is 2.47. The maximum atomic E-state index is 14.5. The summed E-state index contributed by atoms with van der Waals surface area (Å²) in [7, 11) is 0. The van der Waals surface area contributed by atoms with Crippen LogP contribution in [0.5, 0.6) is 11.5 Å². The van der Waals surface area contributed by atoms with Crippen molar-refractivity contribution in [1.29, 1.82) is 0 Å². The summed E-state index contributed by atoms with van der Waals surface area (Å²) < 4.78 is 108. The van der Waals surface area contributed by atoms with Gasteiger partial charge in [-0.1, -0.05) is 49.6 Å². The van der Waals surface area contributed by atoms with Gasteiger partial charge in [0.05, 0.1) is 37.6 Å². The van der Waals surface area contributed by atoms with E-state index in [4.69, 9.17) is 18.9 Å². The molecule has 6 nitrogen and oxygen atoms in total. The average Bonchev–Trinajstić information content (AvgIpc) is 3.09. The number of unbranched alkanes of at least 4 members (excludes halogenated alkanes) is 6. The molecule has 3 aromatic rings. The molecule has 0 radical (unpaired) electrons. The van der Waals surface area contributed by atoms with Crippen LogP contribution in [0.25, 0.3) is 22.3 Å². The Hall–Kier alpha value is -4.74. The third kappa shape index (κ3) is 12.6. The Kier molecular flexibility index (Phi) is 15.4. The van der Waals surface area contributed by atoms with Crippen molar-refractivity contribution in [2.45, 2.75) is 63.7 Å². The standard InChI is InChI=1S/C38H40F6O6/c1-3-33(45)49-25-11-7-5-9-23-47-29-17-13-27(14-18-29)31-21-22-32(36(38(42,43)44)35(31)37(39,40)41)28-15-19-30(20-16-28)48-24-10-6-8-12-26-50-34(46)4-2/h3-4,13-22H,1-2,5-12,23-26H2. The number of halogens is 6. The first kappa shape index (κ1) is 39.7. The first-order chi connectivity index (χ1) is 23.8. The minimum atomic E-state index is -5.31. The third-order valence-electron chi connectivity index (χ3n) is 7.54. The van der Waals surface area contributed by atoms with E-state index < -0.39 is 46.5 Å². The first-order valence-corrected chi connectivity index (χ1v) is 16.2. The molecule has 0 heterocycles. The van der Waals surface area contributed by atoms with Gasteiger partial charge >= 0.3 is 24.3 Å². The van der Waals surface area contributed by atoms with Gasteiger partial charge in [-0.15, -0.1) is 0 Å². The summed E-state index contributed by atoms with van der Waals surface area (Å²) in [5.41, 5.74) is -4.83. The fourth-order valence-corrected chi connectivity index (χ4v) is 5.09. The Morgan fingerprint density at radius 3 is 1.12 bits per heavy atom. The highest BCUT2D eigenvalue weighted by atomic mass is 19.4. The number of esters is 2. The van der Waals surface area contributed by atoms with Crippen molar-refractivity contribution in [1.82, 2.24) is 0 Å². The molecule has 0 aliphatic carbocycles. The summed E-state index contributed by atoms with van der Waals surface area (Å²) in [6.07, 6.45) is -2.57. The number of alkyl halides is 6. The van der Waals surface area contributed by atoms with Gasteiger partial charge in [-0.05, 0) is 97.9 Å². The van der Waals surface area contributed by atoms with Gasteiger partial charge in [-0.2, -0.15) is 26.3 Å². The van der Waals surface area contributed by atoms with Crippen molar-refractivity contribution in [3.63, 3.8) is 0 Å². The van der Waals surface area contributed by atoms with Crippen LogP contribution in [0.4, 0.5) is 26.3 Å². The van der Waals surface area contributed by atoms with Crippen molar-refractivity contribution >= 4 is 11.9 Å². The van der Waals surface area contributed by atoms with Gasteiger partial charge in [0, 0.05) is 12.2 Å². The van der Waals surface area contributed by atoms with Crippen molar-refractivity contribution in [2.24, 2.45) is 0 Å². The molecule has 3 aromatic carbocycles. The number of hydrogen-bond donors (Lipinski definition) is 0. The molecule has 0 spiro atoms. The fourth-order valence-electron chi connectivity index (χ4n) is 5.09. The van der Waals surface area contributed by atoms with Gasteiger partial charge in [0.25, 0.3) is 0 Å². The van der Waals surface area contributed by atoms with Gasteiger partial charge < -0.3 is 18.9 Å². The molecule has 0 aliphatic heterocycles. The number of ether oxygens (including phenoxy) is 4. The first-order valence-electron chi connectivity index (χ1n) is 16.2. The van der Waals surface area contributed by atoms with Gasteiger partial charge in [0.1, 0.15) is 11.5 Å². The van der Waals surface area contributed by atoms with Crippen LogP contribution in [0.3, 0.4) is 0 Å². The van der Waals surface area contributed by atoms with E-state index in [2.05, 4.69) is 13.2 Å². The van der Waals surface area contributed by atoms with Crippen LogP contribution in [-0.4, -0.2) is 38.4 Å². The van der Waals surface area contributed by atoms with Gasteiger partial charge in [0.15, 0.2) is 0 Å². The second-order valence-corrected chi connectivity index (χ2v) is 11.2. The zero-order chi connectivity index (χ0) is 36.6. The topological polar surface area (TPSA) is 71.1 Å². The summed E-state index contributed by atoms with van der Waals surface area (Å²) in [6.45, 7) is 7.86. The zero-order valence-electron chi connectivity index (χ0n) is 27.5. The zero-order valence-corrected chi connectivity index (χ0v) is 27.5. The Labute approximate surface area is 287 Å². The quantitative estimate of drug-likeness (QED) is 0.0504. The summed E-state index contributed by atoms with van der Waals surface area (Å²) in [4.78, 5) is 22.1. The van der Waals surface area contributed by atoms with Crippen molar-refractivity contribution < 1.29 is 54.9 Å². The van der Waals surface area contributed by atoms with Gasteiger partial charge in [-0.3, -0.25) is 0 Å². The summed E-state index contributed by atoms with van der Waals surface area (Å²) in [5.74, 6) is -0.235. The van der Waals surface area contributed by atoms with Crippen LogP contribution in [0, 0.1) is 0 Å². The highest BCUT2D eigenvalue weighted by Crippen LogP contribution is 2.49. The number of benzene rings is 3. The molecule has 0 aliphatic rings. The number of carbonyl (C=O) groups excluding carboxylic acids is 2. The molecule has 0 aromatic heterocycles. The molecular formula is C38H40F6O6. The summed E-state index contributed by atoms with van der Waals surface area (Å²) >= 11 is 0. The Balaban J connectivity index is 1.67. The molecule has 0 N–H and O–H groups in total. The van der Waals surface area contributed by atoms with E-state index in [1.165, 1.54) is 48.5 Å². The van der Waals surface area contributed by atoms with E-state index in [-0.39, 0.29) is 24.3 Å². The third-order valence-corrected chi connectivity index (χ3v) is 7.54. The lowest BCUT2D eigenvalue weighted by Gasteiger charge is -2.23. The largest absolute Gasteiger partial charge is 0.494 e. The Bertz CT molecular complexity index is 1430. The van der Waals surface area contributed by atoms with Crippen LogP contribution in [0.15, 0.2) is 86.0 Å². The molecule has 3 rings (SSSR count). The Morgan fingerprint density at radius 2 is 0.820 bits per heavy atom. The number of carbonyl (C=O) groups is 2. The summed E-state index contributed by atoms with van der Waals surface area (Å²) in [5, 5.41) is 0. The second kappa shape index (κ2) is 19.4. The highest BCUT2D eigenvalue weighted by molar-refractivity contribution is 5.81. The Morgan fingerprint density at radius 1 is 0.500 bits per heavy atom. The minimum Gasteiger partial charge on any atom is -0.494 e. The molecule has 50 heavy (non-hydrogen) atoms. The van der Waals surface area contributed by atoms with Crippen LogP contribution >= 0.6 is 0 Å². The van der Waals surface area contributed by atoms with E-state index in [9.17, 15) is 35.9 Å². The lowest BCUT2D eigenvalue weighted by Crippen LogP contribution is -2.19. The number of hydrogen-bond acceptors (Lipinski definition) is 6. The molecular weight excluding hydrogens is 666 g/mol. The van der Waals surface area contributed by atoms with Crippen molar-refractivity contribution in [3.05, 3.63) is 97.1 Å². The fraction of sp³-hybridized carbons (Fsp3) is 0.368. The molecule has 0 amide bonds. The maximum absolute atomic E-state index is 14.5. The molecule has 0 unspecified atom stereocenters. The van der Waals surface area contributed by atoms with Gasteiger partial charge in [-0.25, -0.2) is 9.59 Å². The predicted molar refractivity (Wildman–Crippen MR) is 178 cm³/mol. The van der Waals surface area contributed by atoms with E-state index >= 15 is 0 Å². The monoisotopic (exact) mass is 706 g/mol. The lowest BCUT2D eigenvalue weighted by molar-refractivity contribution is -0.161. The van der Waals surface area contributed by atoms with E-state index in [1.807, 2.05) is 0 Å². The SMILES string of the molecule is C=CC(=O)OCCCCCCOc1ccc(-c2ccc(-c3ccc(OCCCCCCOC(=O)C=C)cc3)c(C(F)(F)F)c2C(F)(F)F)cc1. The normalized spacial score (nSPS) is 11.5. The van der Waals surface area contributed by atoms with Crippen LogP contribution in [0.1, 0.15) is 62.5 Å². The van der Waals surface area contributed by atoms with Crippen LogP contribution in [0.2, 0.25) is 0 Å². The molecule has 0 atom stereocenters. The maximum Gasteiger partial charge on any atom is 0.417 e. The average molecular weight is 707 g/mol. The molecule has 0 saturated carbocycles. The van der Waals surface area contributed by atoms with Crippen molar-refractivity contribution in [3.8, 4) is 33.8 Å². The molecule has 0 bridgehead atoms. The molecule has 270 valence electrons. The summed E-state index contributed by atoms with van der Waals surface area (Å²) in [6, 6.07) is 13.0. The molecule has 0 fully saturated rings. The van der Waals surface area contributed by atoms with Crippen LogP contribution in [-0.2, 0) is 31.4 Å².